The number of nitrogens with one attached hydrogen (secondary N) is 2. The Bertz CT molecular complexity index is 248. The number of hydrogen-bond acceptors (Lipinski definition) is 5. The van der Waals surface area contributed by atoms with Gasteiger partial charge in [0.05, 0.1) is 4.92 Å². The third-order valence-corrected chi connectivity index (χ3v) is 0.960. The molecule has 0 aromatic carbocycles. The summed E-state index contributed by atoms with van der Waals surface area (Å²) in [5, 5.41) is 15.8. The van der Waals surface area contributed by atoms with Crippen LogP contribution in [0.25, 0.3) is 0 Å². The van der Waals surface area contributed by atoms with Crippen molar-refractivity contribution in [1.82, 2.24) is 10.2 Å². The molecule has 1 aromatic rings. The van der Waals surface area contributed by atoms with Gasteiger partial charge in [0, 0.05) is 0 Å². The fourth-order valence-electron chi connectivity index (χ4n) is 0.524. The summed E-state index contributed by atoms with van der Waals surface area (Å²) < 4.78 is 0. The predicted octanol–water partition coefficient (Wildman–Crippen LogP) is 0.0253. The maximum Gasteiger partial charge on any atom is 0.331 e. The molecule has 1 heterocycles. The molecular weight excluding hydrogens is 174 g/mol. The number of hydrazine groups is 1. The first-order valence-electron chi connectivity index (χ1n) is 2.40. The molecular formula is C3H6ClN5O2. The lowest BCUT2D eigenvalue weighted by atomic mass is 10.5. The minimum absolute atomic E-state index is 0. The molecule has 0 aliphatic rings. The number of aromatic nitrogens is 2. The molecule has 7 nitrogen and oxygen atoms in total. The van der Waals surface area contributed by atoms with Crippen LogP contribution in [0.15, 0.2) is 6.20 Å². The summed E-state index contributed by atoms with van der Waals surface area (Å²) in [4.78, 5) is 9.51. The number of hydrogen-bond donors (Lipinski definition) is 3. The van der Waals surface area contributed by atoms with Crippen molar-refractivity contribution in [1.29, 1.82) is 0 Å². The Kier molecular flexibility index (Phi) is 3.28. The van der Waals surface area contributed by atoms with Gasteiger partial charge < -0.3 is 5.43 Å². The van der Waals surface area contributed by atoms with Crippen molar-refractivity contribution >= 4 is 23.9 Å². The van der Waals surface area contributed by atoms with Crippen molar-refractivity contribution in [3.8, 4) is 0 Å². The standard InChI is InChI=1S/C3H5N5O2.ClH/c4-6-3-2(8(9)10)1-5-7-3;/h1H,4H2,(H2,5,6,7);1H. The molecule has 1 rings (SSSR count). The Hall–Kier alpha value is -1.34. The average Bonchev–Trinajstić information content (AvgIpc) is 2.33. The fourth-order valence-corrected chi connectivity index (χ4v) is 0.524. The van der Waals surface area contributed by atoms with E-state index < -0.39 is 4.92 Å². The molecule has 0 saturated heterocycles. The second-order valence-corrected chi connectivity index (χ2v) is 1.53. The molecule has 0 amide bonds. The lowest BCUT2D eigenvalue weighted by Gasteiger charge is -1.90. The SMILES string of the molecule is Cl.NNc1[nH]ncc1[N+](=O)[O-]. The van der Waals surface area contributed by atoms with E-state index in [0.29, 0.717) is 0 Å². The van der Waals surface area contributed by atoms with Crippen molar-refractivity contribution in [3.05, 3.63) is 16.3 Å². The van der Waals surface area contributed by atoms with Gasteiger partial charge >= 0.3 is 5.69 Å². The maximum atomic E-state index is 10.1. The van der Waals surface area contributed by atoms with Gasteiger partial charge in [0.15, 0.2) is 0 Å². The average molecular weight is 180 g/mol. The van der Waals surface area contributed by atoms with Crippen LogP contribution in [0.4, 0.5) is 11.5 Å². The highest BCUT2D eigenvalue weighted by Gasteiger charge is 2.13. The largest absolute Gasteiger partial charge is 0.331 e. The van der Waals surface area contributed by atoms with Gasteiger partial charge in [-0.05, 0) is 0 Å². The number of aromatic amines is 1. The van der Waals surface area contributed by atoms with E-state index in [1.54, 1.807) is 0 Å². The monoisotopic (exact) mass is 179 g/mol. The first-order chi connectivity index (χ1) is 4.75. The summed E-state index contributed by atoms with van der Waals surface area (Å²) in [6, 6.07) is 0. The minimum Gasteiger partial charge on any atom is -0.303 e. The van der Waals surface area contributed by atoms with Crippen LogP contribution in [-0.2, 0) is 0 Å². The third-order valence-electron chi connectivity index (χ3n) is 0.960. The quantitative estimate of drug-likeness (QED) is 0.337. The Labute approximate surface area is 67.5 Å². The summed E-state index contributed by atoms with van der Waals surface area (Å²) >= 11 is 0. The normalized spacial score (nSPS) is 8.45. The Morgan fingerprint density at radius 1 is 1.82 bits per heavy atom. The van der Waals surface area contributed by atoms with E-state index in [-0.39, 0.29) is 23.9 Å². The van der Waals surface area contributed by atoms with Gasteiger partial charge in [-0.15, -0.1) is 12.4 Å². The van der Waals surface area contributed by atoms with Crippen LogP contribution in [0.5, 0.6) is 0 Å². The zero-order chi connectivity index (χ0) is 7.56. The Morgan fingerprint density at radius 3 is 2.82 bits per heavy atom. The van der Waals surface area contributed by atoms with E-state index in [4.69, 9.17) is 5.84 Å². The van der Waals surface area contributed by atoms with Crippen LogP contribution in [0.2, 0.25) is 0 Å². The number of nitrogen functional groups attached to an aromatic ring is 1. The number of H-pyrrole nitrogens is 1. The molecule has 0 aliphatic heterocycles. The second-order valence-electron chi connectivity index (χ2n) is 1.53. The van der Waals surface area contributed by atoms with Gasteiger partial charge in [-0.3, -0.25) is 15.2 Å². The van der Waals surface area contributed by atoms with E-state index in [9.17, 15) is 10.1 Å². The number of nitro groups is 1. The molecule has 8 heteroatoms. The number of anilines is 1. The van der Waals surface area contributed by atoms with Crippen molar-refractivity contribution in [2.24, 2.45) is 5.84 Å². The van der Waals surface area contributed by atoms with Crippen LogP contribution in [0.3, 0.4) is 0 Å². The van der Waals surface area contributed by atoms with E-state index in [1.165, 1.54) is 0 Å². The van der Waals surface area contributed by atoms with E-state index in [1.807, 2.05) is 0 Å². The van der Waals surface area contributed by atoms with Crippen LogP contribution < -0.4 is 11.3 Å². The first-order valence-corrected chi connectivity index (χ1v) is 2.40. The highest BCUT2D eigenvalue weighted by molar-refractivity contribution is 5.85. The smallest absolute Gasteiger partial charge is 0.303 e. The first kappa shape index (κ1) is 9.66. The van der Waals surface area contributed by atoms with Crippen molar-refractivity contribution < 1.29 is 4.92 Å². The highest BCUT2D eigenvalue weighted by Crippen LogP contribution is 2.17. The maximum absolute atomic E-state index is 10.1. The van der Waals surface area contributed by atoms with Crippen LogP contribution >= 0.6 is 12.4 Å². The van der Waals surface area contributed by atoms with Gasteiger partial charge in [0.25, 0.3) is 0 Å². The van der Waals surface area contributed by atoms with Gasteiger partial charge in [0.2, 0.25) is 5.82 Å². The summed E-state index contributed by atoms with van der Waals surface area (Å²) in [6.45, 7) is 0. The number of rotatable bonds is 2. The fraction of sp³-hybridized carbons (Fsp3) is 0. The molecule has 0 radical (unpaired) electrons. The molecule has 0 bridgehead atoms. The number of nitrogens with two attached hydrogens (primary N) is 1. The molecule has 1 aromatic heterocycles. The van der Waals surface area contributed by atoms with Gasteiger partial charge in [-0.2, -0.15) is 5.10 Å². The molecule has 62 valence electrons. The van der Waals surface area contributed by atoms with Gasteiger partial charge in [-0.1, -0.05) is 0 Å². The lowest BCUT2D eigenvalue weighted by molar-refractivity contribution is -0.384. The number of halogens is 1. The Morgan fingerprint density at radius 2 is 2.45 bits per heavy atom. The summed E-state index contributed by atoms with van der Waals surface area (Å²) in [5.74, 6) is 5.01. The van der Waals surface area contributed by atoms with E-state index in [2.05, 4.69) is 15.6 Å². The van der Waals surface area contributed by atoms with Gasteiger partial charge in [0.1, 0.15) is 6.20 Å². The highest BCUT2D eigenvalue weighted by atomic mass is 35.5. The molecule has 0 saturated carbocycles. The lowest BCUT2D eigenvalue weighted by Crippen LogP contribution is -2.08. The topological polar surface area (TPSA) is 110 Å². The molecule has 0 aliphatic carbocycles. The summed E-state index contributed by atoms with van der Waals surface area (Å²) in [7, 11) is 0. The third kappa shape index (κ3) is 1.79. The van der Waals surface area contributed by atoms with E-state index >= 15 is 0 Å². The molecule has 0 fully saturated rings. The van der Waals surface area contributed by atoms with Gasteiger partial charge in [-0.25, -0.2) is 5.84 Å². The minimum atomic E-state index is -0.585. The second kappa shape index (κ2) is 3.74. The molecule has 0 atom stereocenters. The summed E-state index contributed by atoms with van der Waals surface area (Å²) in [6.07, 6.45) is 1.08. The van der Waals surface area contributed by atoms with Crippen LogP contribution in [0, 0.1) is 10.1 Å². The Balaban J connectivity index is 0.000001000. The van der Waals surface area contributed by atoms with E-state index in [0.717, 1.165) is 6.20 Å². The molecule has 0 spiro atoms. The summed E-state index contributed by atoms with van der Waals surface area (Å²) in [5.41, 5.74) is 1.93. The van der Waals surface area contributed by atoms with Crippen molar-refractivity contribution in [2.45, 2.75) is 0 Å². The van der Waals surface area contributed by atoms with Crippen molar-refractivity contribution in [3.63, 3.8) is 0 Å². The molecule has 0 unspecified atom stereocenters. The van der Waals surface area contributed by atoms with Crippen LogP contribution in [0.1, 0.15) is 0 Å². The predicted molar refractivity (Wildman–Crippen MR) is 40.3 cm³/mol. The van der Waals surface area contributed by atoms with Crippen LogP contribution in [-0.4, -0.2) is 15.1 Å². The molecule has 11 heavy (non-hydrogen) atoms. The zero-order valence-electron chi connectivity index (χ0n) is 5.27. The molecule has 4 N–H and O–H groups in total. The van der Waals surface area contributed by atoms with Crippen molar-refractivity contribution in [2.75, 3.05) is 5.43 Å². The number of nitrogens with zero attached hydrogens (tertiary/aromatic N) is 2. The zero-order valence-corrected chi connectivity index (χ0v) is 6.09.